The van der Waals surface area contributed by atoms with E-state index in [1.165, 1.54) is 0 Å². The average Bonchev–Trinajstić information content (AvgIpc) is 2.42. The number of halogens is 1. The van der Waals surface area contributed by atoms with Crippen LogP contribution in [0.5, 0.6) is 0 Å². The van der Waals surface area contributed by atoms with E-state index in [-0.39, 0.29) is 0 Å². The Kier molecular flexibility index (Phi) is 4.76. The SMILES string of the molecule is OC(OCCc1ccc(Cl)cc1)c1ccccc1. The molecule has 0 fully saturated rings. The number of aliphatic hydroxyl groups excluding tert-OH is 1. The van der Waals surface area contributed by atoms with Gasteiger partial charge in [0.05, 0.1) is 6.61 Å². The minimum atomic E-state index is -0.862. The highest BCUT2D eigenvalue weighted by Gasteiger charge is 2.06. The maximum atomic E-state index is 9.80. The molecule has 18 heavy (non-hydrogen) atoms. The molecule has 94 valence electrons. The van der Waals surface area contributed by atoms with E-state index < -0.39 is 6.29 Å². The zero-order chi connectivity index (χ0) is 12.8. The van der Waals surface area contributed by atoms with Gasteiger partial charge in [0.15, 0.2) is 6.29 Å². The number of benzene rings is 2. The summed E-state index contributed by atoms with van der Waals surface area (Å²) in [4.78, 5) is 0. The molecule has 1 N–H and O–H groups in total. The van der Waals surface area contributed by atoms with Crippen molar-refractivity contribution in [1.29, 1.82) is 0 Å². The van der Waals surface area contributed by atoms with Crippen LogP contribution in [0.1, 0.15) is 17.4 Å². The van der Waals surface area contributed by atoms with Crippen LogP contribution < -0.4 is 0 Å². The molecule has 0 spiro atoms. The molecule has 2 nitrogen and oxygen atoms in total. The van der Waals surface area contributed by atoms with Crippen LogP contribution in [0.3, 0.4) is 0 Å². The second kappa shape index (κ2) is 6.55. The predicted molar refractivity (Wildman–Crippen MR) is 72.5 cm³/mol. The summed E-state index contributed by atoms with van der Waals surface area (Å²) in [7, 11) is 0. The van der Waals surface area contributed by atoms with Crippen molar-refractivity contribution in [1.82, 2.24) is 0 Å². The lowest BCUT2D eigenvalue weighted by atomic mass is 10.2. The summed E-state index contributed by atoms with van der Waals surface area (Å²) >= 11 is 5.80. The van der Waals surface area contributed by atoms with E-state index >= 15 is 0 Å². The molecule has 2 rings (SSSR count). The molecule has 0 aliphatic heterocycles. The molecule has 0 aliphatic carbocycles. The first-order valence-electron chi connectivity index (χ1n) is 5.85. The predicted octanol–water partition coefficient (Wildman–Crippen LogP) is 3.59. The molecule has 0 saturated carbocycles. The highest BCUT2D eigenvalue weighted by Crippen LogP contribution is 2.14. The first kappa shape index (κ1) is 13.1. The van der Waals surface area contributed by atoms with Gasteiger partial charge in [0.2, 0.25) is 0 Å². The van der Waals surface area contributed by atoms with Gasteiger partial charge in [-0.05, 0) is 24.1 Å². The minimum Gasteiger partial charge on any atom is -0.364 e. The minimum absolute atomic E-state index is 0.470. The summed E-state index contributed by atoms with van der Waals surface area (Å²) in [6.45, 7) is 0.470. The second-order valence-corrected chi connectivity index (χ2v) is 4.45. The van der Waals surface area contributed by atoms with Gasteiger partial charge in [-0.3, -0.25) is 0 Å². The first-order valence-corrected chi connectivity index (χ1v) is 6.22. The molecule has 1 atom stereocenters. The lowest BCUT2D eigenvalue weighted by Crippen LogP contribution is -2.06. The van der Waals surface area contributed by atoms with Crippen LogP contribution in [0.15, 0.2) is 54.6 Å². The topological polar surface area (TPSA) is 29.5 Å². The standard InChI is InChI=1S/C15H15ClO2/c16-14-8-6-12(7-9-14)10-11-18-15(17)13-4-2-1-3-5-13/h1-9,15,17H,10-11H2. The van der Waals surface area contributed by atoms with Crippen molar-refractivity contribution in [2.75, 3.05) is 6.61 Å². The Morgan fingerprint density at radius 3 is 2.33 bits per heavy atom. The Bertz CT molecular complexity index is 468. The van der Waals surface area contributed by atoms with Crippen LogP contribution in [0.25, 0.3) is 0 Å². The molecule has 0 radical (unpaired) electrons. The molecule has 0 aliphatic rings. The van der Waals surface area contributed by atoms with E-state index in [0.29, 0.717) is 6.61 Å². The van der Waals surface area contributed by atoms with Crippen molar-refractivity contribution in [3.05, 3.63) is 70.7 Å². The highest BCUT2D eigenvalue weighted by molar-refractivity contribution is 6.30. The number of hydrogen-bond donors (Lipinski definition) is 1. The fraction of sp³-hybridized carbons (Fsp3) is 0.200. The van der Waals surface area contributed by atoms with E-state index in [1.54, 1.807) is 0 Å². The zero-order valence-corrected chi connectivity index (χ0v) is 10.7. The van der Waals surface area contributed by atoms with E-state index in [4.69, 9.17) is 16.3 Å². The van der Waals surface area contributed by atoms with Crippen molar-refractivity contribution in [2.24, 2.45) is 0 Å². The summed E-state index contributed by atoms with van der Waals surface area (Å²) in [6, 6.07) is 17.0. The quantitative estimate of drug-likeness (QED) is 0.835. The molecule has 1 unspecified atom stereocenters. The van der Waals surface area contributed by atoms with Crippen molar-refractivity contribution in [2.45, 2.75) is 12.7 Å². The van der Waals surface area contributed by atoms with Crippen molar-refractivity contribution in [3.8, 4) is 0 Å². The third-order valence-corrected chi connectivity index (χ3v) is 2.92. The molecular weight excluding hydrogens is 248 g/mol. The lowest BCUT2D eigenvalue weighted by Gasteiger charge is -2.12. The summed E-state index contributed by atoms with van der Waals surface area (Å²) in [5, 5.41) is 10.5. The summed E-state index contributed by atoms with van der Waals surface area (Å²) in [6.07, 6.45) is -0.111. The smallest absolute Gasteiger partial charge is 0.181 e. The van der Waals surface area contributed by atoms with E-state index in [1.807, 2.05) is 54.6 Å². The van der Waals surface area contributed by atoms with Gasteiger partial charge >= 0.3 is 0 Å². The molecule has 2 aromatic rings. The van der Waals surface area contributed by atoms with Crippen LogP contribution in [0, 0.1) is 0 Å². The molecular formula is C15H15ClO2. The number of hydrogen-bond acceptors (Lipinski definition) is 2. The summed E-state index contributed by atoms with van der Waals surface area (Å²) in [5.41, 5.74) is 1.91. The zero-order valence-electron chi connectivity index (χ0n) is 9.92. The van der Waals surface area contributed by atoms with Gasteiger partial charge in [-0.2, -0.15) is 0 Å². The van der Waals surface area contributed by atoms with Gasteiger partial charge in [-0.1, -0.05) is 54.1 Å². The van der Waals surface area contributed by atoms with E-state index in [2.05, 4.69) is 0 Å². The van der Waals surface area contributed by atoms with Crippen LogP contribution >= 0.6 is 11.6 Å². The molecule has 0 amide bonds. The van der Waals surface area contributed by atoms with Gasteiger partial charge in [-0.25, -0.2) is 0 Å². The fourth-order valence-electron chi connectivity index (χ4n) is 1.65. The highest BCUT2D eigenvalue weighted by atomic mass is 35.5. The van der Waals surface area contributed by atoms with Crippen LogP contribution in [-0.4, -0.2) is 11.7 Å². The van der Waals surface area contributed by atoms with Gasteiger partial charge in [0.25, 0.3) is 0 Å². The monoisotopic (exact) mass is 262 g/mol. The van der Waals surface area contributed by atoms with Gasteiger partial charge < -0.3 is 9.84 Å². The summed E-state index contributed by atoms with van der Waals surface area (Å²) in [5.74, 6) is 0. The Labute approximate surface area is 112 Å². The Morgan fingerprint density at radius 1 is 1.00 bits per heavy atom. The molecule has 0 heterocycles. The first-order chi connectivity index (χ1) is 8.75. The maximum Gasteiger partial charge on any atom is 0.181 e. The average molecular weight is 263 g/mol. The number of ether oxygens (including phenoxy) is 1. The maximum absolute atomic E-state index is 9.80. The third-order valence-electron chi connectivity index (χ3n) is 2.66. The fourth-order valence-corrected chi connectivity index (χ4v) is 1.78. The normalized spacial score (nSPS) is 12.3. The van der Waals surface area contributed by atoms with Crippen LogP contribution in [-0.2, 0) is 11.2 Å². The molecule has 3 heteroatoms. The Morgan fingerprint density at radius 2 is 1.67 bits per heavy atom. The molecule has 2 aromatic carbocycles. The van der Waals surface area contributed by atoms with Crippen molar-refractivity contribution < 1.29 is 9.84 Å². The number of aliphatic hydroxyl groups is 1. The lowest BCUT2D eigenvalue weighted by molar-refractivity contribution is -0.102. The van der Waals surface area contributed by atoms with Gasteiger partial charge in [0, 0.05) is 10.6 Å². The van der Waals surface area contributed by atoms with Crippen molar-refractivity contribution >= 4 is 11.6 Å². The van der Waals surface area contributed by atoms with Crippen LogP contribution in [0.2, 0.25) is 5.02 Å². The molecule has 0 aromatic heterocycles. The van der Waals surface area contributed by atoms with Gasteiger partial charge in [0.1, 0.15) is 0 Å². The van der Waals surface area contributed by atoms with Gasteiger partial charge in [-0.15, -0.1) is 0 Å². The van der Waals surface area contributed by atoms with Crippen LogP contribution in [0.4, 0.5) is 0 Å². The van der Waals surface area contributed by atoms with E-state index in [0.717, 1.165) is 22.6 Å². The van der Waals surface area contributed by atoms with Crippen molar-refractivity contribution in [3.63, 3.8) is 0 Å². The largest absolute Gasteiger partial charge is 0.364 e. The number of rotatable bonds is 5. The second-order valence-electron chi connectivity index (χ2n) is 4.01. The molecule has 0 bridgehead atoms. The third kappa shape index (κ3) is 3.84. The Balaban J connectivity index is 1.80. The Hall–Kier alpha value is -1.35. The molecule has 0 saturated heterocycles. The summed E-state index contributed by atoms with van der Waals surface area (Å²) < 4.78 is 5.38. The van der Waals surface area contributed by atoms with E-state index in [9.17, 15) is 5.11 Å².